The molecule has 120 valence electrons. The minimum atomic E-state index is -3.21. The summed E-state index contributed by atoms with van der Waals surface area (Å²) in [6.07, 6.45) is 0. The number of nitrogens with zero attached hydrogens (tertiary/aromatic N) is 2. The van der Waals surface area contributed by atoms with Crippen LogP contribution in [0.4, 0.5) is 0 Å². The zero-order chi connectivity index (χ0) is 16.3. The smallest absolute Gasteiger partial charge is 0.229 e. The number of rotatable bonds is 6. The zero-order valence-electron chi connectivity index (χ0n) is 13.1. The van der Waals surface area contributed by atoms with Crippen LogP contribution in [0, 0.1) is 6.92 Å². The Labute approximate surface area is 135 Å². The summed E-state index contributed by atoms with van der Waals surface area (Å²) in [5, 5.41) is 7.52. The van der Waals surface area contributed by atoms with E-state index in [1.807, 2.05) is 19.1 Å². The van der Waals surface area contributed by atoms with Crippen LogP contribution < -0.4 is 0 Å². The number of thioether (sulfide) groups is 1. The predicted octanol–water partition coefficient (Wildman–Crippen LogP) is 3.55. The third kappa shape index (κ3) is 3.89. The second kappa shape index (κ2) is 6.83. The molecular weight excluding hydrogens is 320 g/mol. The van der Waals surface area contributed by atoms with Gasteiger partial charge in [0.1, 0.15) is 0 Å². The average molecular weight is 340 g/mol. The Bertz CT molecular complexity index is 722. The van der Waals surface area contributed by atoms with Crippen LogP contribution in [-0.2, 0) is 15.6 Å². The van der Waals surface area contributed by atoms with Crippen LogP contribution in [0.5, 0.6) is 0 Å². The highest BCUT2D eigenvalue weighted by Crippen LogP contribution is 2.30. The lowest BCUT2D eigenvalue weighted by Gasteiger charge is -2.09. The van der Waals surface area contributed by atoms with Crippen LogP contribution in [0.1, 0.15) is 43.4 Å². The molecule has 5 nitrogen and oxygen atoms in total. The summed E-state index contributed by atoms with van der Waals surface area (Å²) in [5.41, 5.74) is 1.07. The van der Waals surface area contributed by atoms with Crippen molar-refractivity contribution in [2.45, 2.75) is 48.8 Å². The van der Waals surface area contributed by atoms with Crippen molar-refractivity contribution in [2.24, 2.45) is 0 Å². The molecule has 1 aromatic carbocycles. The molecule has 0 bridgehead atoms. The minimum Gasteiger partial charge on any atom is -0.424 e. The molecule has 0 radical (unpaired) electrons. The molecule has 0 saturated heterocycles. The van der Waals surface area contributed by atoms with Gasteiger partial charge in [-0.15, -0.1) is 22.0 Å². The molecule has 0 aliphatic rings. The molecule has 7 heteroatoms. The van der Waals surface area contributed by atoms with Crippen LogP contribution in [0.25, 0.3) is 0 Å². The number of sulfone groups is 1. The Morgan fingerprint density at radius 2 is 1.77 bits per heavy atom. The van der Waals surface area contributed by atoms with Crippen LogP contribution in [-0.4, -0.2) is 23.9 Å². The van der Waals surface area contributed by atoms with Crippen LogP contribution in [0.15, 0.2) is 33.6 Å². The molecule has 0 aliphatic carbocycles. The first kappa shape index (κ1) is 17.0. The van der Waals surface area contributed by atoms with Gasteiger partial charge in [-0.25, -0.2) is 8.42 Å². The fourth-order valence-electron chi connectivity index (χ4n) is 1.82. The lowest BCUT2D eigenvalue weighted by atomic mass is 10.2. The molecule has 0 N–H and O–H groups in total. The lowest BCUT2D eigenvalue weighted by molar-refractivity contribution is 0.470. The van der Waals surface area contributed by atoms with E-state index in [0.717, 1.165) is 11.3 Å². The highest BCUT2D eigenvalue weighted by atomic mass is 32.2. The zero-order valence-corrected chi connectivity index (χ0v) is 14.7. The molecule has 1 aromatic heterocycles. The van der Waals surface area contributed by atoms with Crippen molar-refractivity contribution in [2.75, 3.05) is 0 Å². The quantitative estimate of drug-likeness (QED) is 0.800. The molecule has 1 heterocycles. The molecule has 0 saturated carbocycles. The third-order valence-corrected chi connectivity index (χ3v) is 6.63. The maximum Gasteiger partial charge on any atom is 0.229 e. The molecule has 22 heavy (non-hydrogen) atoms. The molecule has 1 atom stereocenters. The van der Waals surface area contributed by atoms with Gasteiger partial charge in [0.2, 0.25) is 11.8 Å². The van der Waals surface area contributed by atoms with E-state index in [1.165, 1.54) is 0 Å². The summed E-state index contributed by atoms with van der Waals surface area (Å²) in [5.74, 6) is 1.93. The number of benzene rings is 1. The summed E-state index contributed by atoms with van der Waals surface area (Å²) < 4.78 is 29.5. The van der Waals surface area contributed by atoms with E-state index in [0.29, 0.717) is 16.7 Å². The van der Waals surface area contributed by atoms with Crippen LogP contribution in [0.3, 0.4) is 0 Å². The Balaban J connectivity index is 2.00. The van der Waals surface area contributed by atoms with Crippen molar-refractivity contribution in [1.82, 2.24) is 10.2 Å². The van der Waals surface area contributed by atoms with Crippen molar-refractivity contribution in [3.05, 3.63) is 41.6 Å². The van der Waals surface area contributed by atoms with Crippen molar-refractivity contribution < 1.29 is 12.8 Å². The van der Waals surface area contributed by atoms with Crippen molar-refractivity contribution in [3.8, 4) is 0 Å². The van der Waals surface area contributed by atoms with Gasteiger partial charge in [-0.1, -0.05) is 12.1 Å². The second-order valence-electron chi connectivity index (χ2n) is 5.35. The molecular formula is C15H20N2O3S2. The number of hydrogen-bond acceptors (Lipinski definition) is 6. The molecule has 0 spiro atoms. The highest BCUT2D eigenvalue weighted by molar-refractivity contribution is 7.98. The van der Waals surface area contributed by atoms with E-state index < -0.39 is 15.1 Å². The van der Waals surface area contributed by atoms with Gasteiger partial charge in [0, 0.05) is 12.7 Å². The van der Waals surface area contributed by atoms with Crippen LogP contribution in [0.2, 0.25) is 0 Å². The molecule has 2 aromatic rings. The largest absolute Gasteiger partial charge is 0.424 e. The van der Waals surface area contributed by atoms with Gasteiger partial charge in [0.05, 0.1) is 15.4 Å². The SMILES string of the molecule is Cc1nnc(C(C)SCc2ccc(S(=O)(=O)C(C)C)cc2)o1. The molecule has 0 aliphatic heterocycles. The van der Waals surface area contributed by atoms with Gasteiger partial charge >= 0.3 is 0 Å². The first-order chi connectivity index (χ1) is 10.3. The van der Waals surface area contributed by atoms with E-state index in [2.05, 4.69) is 10.2 Å². The maximum atomic E-state index is 12.1. The van der Waals surface area contributed by atoms with Gasteiger partial charge < -0.3 is 4.42 Å². The normalized spacial score (nSPS) is 13.5. The Kier molecular flexibility index (Phi) is 5.28. The van der Waals surface area contributed by atoms with E-state index in [-0.39, 0.29) is 5.25 Å². The van der Waals surface area contributed by atoms with Gasteiger partial charge in [0.15, 0.2) is 9.84 Å². The van der Waals surface area contributed by atoms with Gasteiger partial charge in [-0.05, 0) is 38.5 Å². The molecule has 0 fully saturated rings. The third-order valence-electron chi connectivity index (χ3n) is 3.26. The average Bonchev–Trinajstić information content (AvgIpc) is 2.91. The predicted molar refractivity (Wildman–Crippen MR) is 87.5 cm³/mol. The molecule has 2 rings (SSSR count). The summed E-state index contributed by atoms with van der Waals surface area (Å²) >= 11 is 1.67. The number of hydrogen-bond donors (Lipinski definition) is 0. The topological polar surface area (TPSA) is 73.1 Å². The second-order valence-corrected chi connectivity index (χ2v) is 9.18. The van der Waals surface area contributed by atoms with Gasteiger partial charge in [0.25, 0.3) is 0 Å². The Hall–Kier alpha value is -1.34. The maximum absolute atomic E-state index is 12.1. The Morgan fingerprint density at radius 1 is 1.14 bits per heavy atom. The van der Waals surface area contributed by atoms with Gasteiger partial charge in [-0.3, -0.25) is 0 Å². The van der Waals surface area contributed by atoms with E-state index in [9.17, 15) is 8.42 Å². The van der Waals surface area contributed by atoms with Crippen molar-refractivity contribution >= 4 is 21.6 Å². The van der Waals surface area contributed by atoms with E-state index in [1.54, 1.807) is 44.7 Å². The summed E-state index contributed by atoms with van der Waals surface area (Å²) in [6.45, 7) is 7.15. The number of aryl methyl sites for hydroxylation is 1. The van der Waals surface area contributed by atoms with Gasteiger partial charge in [-0.2, -0.15) is 0 Å². The van der Waals surface area contributed by atoms with Crippen LogP contribution >= 0.6 is 11.8 Å². The van der Waals surface area contributed by atoms with E-state index >= 15 is 0 Å². The first-order valence-electron chi connectivity index (χ1n) is 7.05. The highest BCUT2D eigenvalue weighted by Gasteiger charge is 2.19. The fourth-order valence-corrected chi connectivity index (χ4v) is 3.75. The monoisotopic (exact) mass is 340 g/mol. The summed E-state index contributed by atoms with van der Waals surface area (Å²) in [7, 11) is -3.21. The number of aromatic nitrogens is 2. The summed E-state index contributed by atoms with van der Waals surface area (Å²) in [4.78, 5) is 0.372. The molecule has 0 amide bonds. The Morgan fingerprint density at radius 3 is 2.27 bits per heavy atom. The first-order valence-corrected chi connectivity index (χ1v) is 9.64. The van der Waals surface area contributed by atoms with Crippen molar-refractivity contribution in [1.29, 1.82) is 0 Å². The van der Waals surface area contributed by atoms with E-state index in [4.69, 9.17) is 4.42 Å². The fraction of sp³-hybridized carbons (Fsp3) is 0.467. The molecule has 1 unspecified atom stereocenters. The summed E-state index contributed by atoms with van der Waals surface area (Å²) in [6, 6.07) is 7.06. The standard InChI is InChI=1S/C15H20N2O3S2/c1-10(2)22(18,19)14-7-5-13(6-8-14)9-21-11(3)15-17-16-12(4)20-15/h5-8,10-11H,9H2,1-4H3. The van der Waals surface area contributed by atoms with Crippen molar-refractivity contribution in [3.63, 3.8) is 0 Å². The minimum absolute atomic E-state index is 0.0975. The lowest BCUT2D eigenvalue weighted by Crippen LogP contribution is -2.13.